The molecular weight excluding hydrogens is 214 g/mol. The summed E-state index contributed by atoms with van der Waals surface area (Å²) in [5, 5.41) is 22.4. The maximum atomic E-state index is 10.8. The van der Waals surface area contributed by atoms with Crippen molar-refractivity contribution in [2.45, 2.75) is 38.4 Å². The Labute approximate surface area is 94.5 Å². The Morgan fingerprint density at radius 2 is 2.12 bits per heavy atom. The van der Waals surface area contributed by atoms with E-state index in [1.54, 1.807) is 14.0 Å². The molecule has 1 aliphatic heterocycles. The number of aliphatic hydroxyl groups excluding tert-OH is 2. The van der Waals surface area contributed by atoms with Crippen LogP contribution < -0.4 is 5.32 Å². The summed E-state index contributed by atoms with van der Waals surface area (Å²) in [4.78, 5) is 10.8. The second-order valence-corrected chi connectivity index (χ2v) is 4.05. The molecule has 1 fully saturated rings. The summed E-state index contributed by atoms with van der Waals surface area (Å²) in [5.74, 6) is -0.871. The highest BCUT2D eigenvalue weighted by Crippen LogP contribution is 2.26. The van der Waals surface area contributed by atoms with Gasteiger partial charge in [-0.25, -0.2) is 0 Å². The van der Waals surface area contributed by atoms with Crippen molar-refractivity contribution >= 4 is 5.97 Å². The van der Waals surface area contributed by atoms with E-state index in [1.807, 2.05) is 0 Å². The third-order valence-electron chi connectivity index (χ3n) is 2.74. The lowest BCUT2D eigenvalue weighted by Gasteiger charge is -2.40. The number of nitrogens with one attached hydrogen (secondary N) is 1. The van der Waals surface area contributed by atoms with Crippen LogP contribution in [0.15, 0.2) is 0 Å². The highest BCUT2D eigenvalue weighted by Gasteiger charge is 2.43. The van der Waals surface area contributed by atoms with E-state index < -0.39 is 30.6 Å². The fourth-order valence-corrected chi connectivity index (χ4v) is 1.86. The number of carbonyl (C=O) groups excluding carboxylic acids is 1. The van der Waals surface area contributed by atoms with E-state index in [9.17, 15) is 15.0 Å². The van der Waals surface area contributed by atoms with Gasteiger partial charge in [0, 0.05) is 19.4 Å². The van der Waals surface area contributed by atoms with Crippen molar-refractivity contribution in [3.63, 3.8) is 0 Å². The maximum absolute atomic E-state index is 10.8. The molecule has 0 spiro atoms. The van der Waals surface area contributed by atoms with Gasteiger partial charge in [0.15, 0.2) is 12.4 Å². The van der Waals surface area contributed by atoms with Gasteiger partial charge in [-0.15, -0.1) is 0 Å². The topological polar surface area (TPSA) is 88.0 Å². The Bertz CT molecular complexity index is 247. The first-order chi connectivity index (χ1) is 7.47. The van der Waals surface area contributed by atoms with Gasteiger partial charge in [0.1, 0.15) is 0 Å². The molecule has 0 aliphatic carbocycles. The normalized spacial score (nSPS) is 39.4. The van der Waals surface area contributed by atoms with Crippen LogP contribution in [-0.2, 0) is 14.3 Å². The average Bonchev–Trinajstić information content (AvgIpc) is 2.21. The zero-order chi connectivity index (χ0) is 12.3. The zero-order valence-electron chi connectivity index (χ0n) is 9.71. The molecule has 0 aromatic carbocycles. The van der Waals surface area contributed by atoms with Crippen LogP contribution in [-0.4, -0.2) is 54.4 Å². The molecule has 94 valence electrons. The summed E-state index contributed by atoms with van der Waals surface area (Å²) in [5.41, 5.74) is 0. The molecule has 1 saturated heterocycles. The number of rotatable bonds is 3. The molecule has 16 heavy (non-hydrogen) atoms. The number of likely N-dealkylation sites (N-methyl/N-ethyl adjacent to an activating group) is 1. The van der Waals surface area contributed by atoms with E-state index in [4.69, 9.17) is 9.47 Å². The summed E-state index contributed by atoms with van der Waals surface area (Å²) in [6, 6.07) is 0. The van der Waals surface area contributed by atoms with E-state index in [0.717, 1.165) is 0 Å². The number of carbonyl (C=O) groups is 1. The molecule has 0 radical (unpaired) electrons. The van der Waals surface area contributed by atoms with Crippen LogP contribution in [0.2, 0.25) is 0 Å². The van der Waals surface area contributed by atoms with Gasteiger partial charge in [-0.3, -0.25) is 4.79 Å². The zero-order valence-corrected chi connectivity index (χ0v) is 9.71. The smallest absolute Gasteiger partial charge is 0.303 e. The molecule has 0 aromatic rings. The maximum Gasteiger partial charge on any atom is 0.303 e. The molecule has 0 unspecified atom stereocenters. The molecule has 0 bridgehead atoms. The van der Waals surface area contributed by atoms with Gasteiger partial charge >= 0.3 is 5.97 Å². The van der Waals surface area contributed by atoms with Crippen molar-refractivity contribution in [2.24, 2.45) is 5.92 Å². The Hall–Kier alpha value is -0.690. The monoisotopic (exact) mass is 233 g/mol. The molecule has 0 amide bonds. The van der Waals surface area contributed by atoms with Crippen LogP contribution in [0.1, 0.15) is 13.8 Å². The minimum atomic E-state index is -1.19. The highest BCUT2D eigenvalue weighted by molar-refractivity contribution is 5.66. The second-order valence-electron chi connectivity index (χ2n) is 4.05. The Balaban J connectivity index is 2.67. The van der Waals surface area contributed by atoms with Crippen molar-refractivity contribution in [1.82, 2.24) is 5.32 Å². The lowest BCUT2D eigenvalue weighted by atomic mass is 9.90. The summed E-state index contributed by atoms with van der Waals surface area (Å²) >= 11 is 0. The highest BCUT2D eigenvalue weighted by atomic mass is 16.7. The van der Waals surface area contributed by atoms with Crippen molar-refractivity contribution in [3.8, 4) is 0 Å². The van der Waals surface area contributed by atoms with Crippen LogP contribution in [0.5, 0.6) is 0 Å². The number of hydrogen-bond donors (Lipinski definition) is 3. The fourth-order valence-electron chi connectivity index (χ4n) is 1.86. The second kappa shape index (κ2) is 5.58. The van der Waals surface area contributed by atoms with Gasteiger partial charge < -0.3 is 25.0 Å². The molecule has 1 aliphatic rings. The van der Waals surface area contributed by atoms with E-state index in [1.165, 1.54) is 6.92 Å². The SMILES string of the molecule is CNC[C@H]1O[C@H](O)[C@H](OC(C)=O)[C@@H](C)[C@@H]1O. The molecule has 0 aromatic heterocycles. The van der Waals surface area contributed by atoms with Crippen LogP contribution in [0.3, 0.4) is 0 Å². The van der Waals surface area contributed by atoms with Gasteiger partial charge in [-0.1, -0.05) is 6.92 Å². The first-order valence-electron chi connectivity index (χ1n) is 5.30. The number of hydrogen-bond acceptors (Lipinski definition) is 6. The number of aliphatic hydroxyl groups is 2. The van der Waals surface area contributed by atoms with Gasteiger partial charge in [0.25, 0.3) is 0 Å². The molecular formula is C10H19NO5. The van der Waals surface area contributed by atoms with Gasteiger partial charge in [-0.05, 0) is 7.05 Å². The third kappa shape index (κ3) is 2.91. The minimum absolute atomic E-state index is 0.369. The third-order valence-corrected chi connectivity index (χ3v) is 2.74. The molecule has 3 N–H and O–H groups in total. The Kier molecular flexibility index (Phi) is 4.67. The number of ether oxygens (including phenoxy) is 2. The van der Waals surface area contributed by atoms with E-state index in [2.05, 4.69) is 5.32 Å². The molecule has 1 heterocycles. The largest absolute Gasteiger partial charge is 0.457 e. The predicted molar refractivity (Wildman–Crippen MR) is 55.5 cm³/mol. The first kappa shape index (κ1) is 13.4. The van der Waals surface area contributed by atoms with Gasteiger partial charge in [0.2, 0.25) is 0 Å². The minimum Gasteiger partial charge on any atom is -0.457 e. The summed E-state index contributed by atoms with van der Waals surface area (Å²) < 4.78 is 10.1. The van der Waals surface area contributed by atoms with Crippen molar-refractivity contribution in [1.29, 1.82) is 0 Å². The summed E-state index contributed by atoms with van der Waals surface area (Å²) in [6.45, 7) is 3.40. The van der Waals surface area contributed by atoms with Gasteiger partial charge in [-0.2, -0.15) is 0 Å². The summed E-state index contributed by atoms with van der Waals surface area (Å²) in [7, 11) is 1.73. The van der Waals surface area contributed by atoms with Crippen molar-refractivity contribution in [3.05, 3.63) is 0 Å². The van der Waals surface area contributed by atoms with Crippen LogP contribution >= 0.6 is 0 Å². The van der Waals surface area contributed by atoms with Crippen molar-refractivity contribution in [2.75, 3.05) is 13.6 Å². The van der Waals surface area contributed by atoms with Gasteiger partial charge in [0.05, 0.1) is 12.2 Å². The summed E-state index contributed by atoms with van der Waals surface area (Å²) in [6.07, 6.45) is -3.29. The van der Waals surface area contributed by atoms with E-state index in [-0.39, 0.29) is 5.92 Å². The molecule has 1 rings (SSSR count). The molecule has 6 heteroatoms. The van der Waals surface area contributed by atoms with Crippen LogP contribution in [0.4, 0.5) is 0 Å². The van der Waals surface area contributed by atoms with Crippen LogP contribution in [0, 0.1) is 5.92 Å². The molecule has 0 saturated carbocycles. The van der Waals surface area contributed by atoms with Crippen molar-refractivity contribution < 1.29 is 24.5 Å². The quantitative estimate of drug-likeness (QED) is 0.534. The predicted octanol–water partition coefficient (Wildman–Crippen LogP) is -1.15. The lowest BCUT2D eigenvalue weighted by Crippen LogP contribution is -2.56. The van der Waals surface area contributed by atoms with E-state index in [0.29, 0.717) is 6.54 Å². The van der Waals surface area contributed by atoms with E-state index >= 15 is 0 Å². The fraction of sp³-hybridized carbons (Fsp3) is 0.900. The molecule has 6 nitrogen and oxygen atoms in total. The standard InChI is InChI=1S/C10H19NO5/c1-5-8(13)7(4-11-3)16-10(14)9(5)15-6(2)12/h5,7-11,13-14H,4H2,1-3H3/t5-,7+,8-,9+,10-/m0/s1. The Morgan fingerprint density at radius 3 is 2.62 bits per heavy atom. The first-order valence-corrected chi connectivity index (χ1v) is 5.30. The Morgan fingerprint density at radius 1 is 1.50 bits per heavy atom. The average molecular weight is 233 g/mol. The lowest BCUT2D eigenvalue weighted by molar-refractivity contribution is -0.269. The van der Waals surface area contributed by atoms with Crippen LogP contribution in [0.25, 0.3) is 0 Å². The number of esters is 1. The molecule has 5 atom stereocenters.